The minimum absolute atomic E-state index is 0.271. The minimum atomic E-state index is -0.271. The van der Waals surface area contributed by atoms with Crippen LogP contribution in [0.25, 0.3) is 0 Å². The molecule has 0 bridgehead atoms. The molecule has 1 unspecified atom stereocenters. The van der Waals surface area contributed by atoms with Crippen molar-refractivity contribution in [1.82, 2.24) is 5.06 Å². The van der Waals surface area contributed by atoms with Crippen molar-refractivity contribution in [3.05, 3.63) is 0 Å². The fraction of sp³-hybridized carbons (Fsp3) is 0.800. The number of carbonyl (C=O) groups excluding carboxylic acids is 1. The number of amides is 1. The van der Waals surface area contributed by atoms with Crippen LogP contribution in [0.3, 0.4) is 0 Å². The topological polar surface area (TPSA) is 49.8 Å². The summed E-state index contributed by atoms with van der Waals surface area (Å²) in [7, 11) is 1.51. The van der Waals surface area contributed by atoms with Crippen molar-refractivity contribution < 1.29 is 14.7 Å². The minimum Gasteiger partial charge on any atom is -0.382 e. The zero-order valence-corrected chi connectivity index (χ0v) is 5.57. The van der Waals surface area contributed by atoms with Crippen LogP contribution in [-0.4, -0.2) is 36.4 Å². The molecule has 1 amide bonds. The molecule has 0 rings (SSSR count). The fourth-order valence-corrected chi connectivity index (χ4v) is 0.421. The standard InChI is InChI=1S/C5H11NO3/c1-5(3-9-2)6(8)4-7/h4-5,8H,3H2,1-2H3. The summed E-state index contributed by atoms with van der Waals surface area (Å²) in [5, 5.41) is 9.22. The first kappa shape index (κ1) is 8.39. The Balaban J connectivity index is 3.44. The lowest BCUT2D eigenvalue weighted by Crippen LogP contribution is -2.31. The van der Waals surface area contributed by atoms with Crippen molar-refractivity contribution in [3.63, 3.8) is 0 Å². The van der Waals surface area contributed by atoms with Crippen molar-refractivity contribution in [2.24, 2.45) is 0 Å². The van der Waals surface area contributed by atoms with E-state index in [4.69, 9.17) is 5.21 Å². The van der Waals surface area contributed by atoms with Crippen LogP contribution in [0.2, 0.25) is 0 Å². The van der Waals surface area contributed by atoms with Gasteiger partial charge in [0, 0.05) is 7.11 Å². The summed E-state index contributed by atoms with van der Waals surface area (Å²) in [6.07, 6.45) is 0.351. The van der Waals surface area contributed by atoms with Gasteiger partial charge >= 0.3 is 0 Å². The first-order chi connectivity index (χ1) is 4.22. The molecule has 0 aromatic heterocycles. The highest BCUT2D eigenvalue weighted by atomic mass is 16.5. The Labute approximate surface area is 54.0 Å². The summed E-state index contributed by atoms with van der Waals surface area (Å²) in [4.78, 5) is 9.84. The molecular formula is C5H11NO3. The van der Waals surface area contributed by atoms with E-state index < -0.39 is 0 Å². The molecule has 0 aliphatic carbocycles. The Morgan fingerprint density at radius 2 is 2.44 bits per heavy atom. The highest BCUT2D eigenvalue weighted by Gasteiger charge is 2.06. The monoisotopic (exact) mass is 133 g/mol. The maximum absolute atomic E-state index is 9.84. The molecule has 0 aromatic rings. The number of ether oxygens (including phenoxy) is 1. The van der Waals surface area contributed by atoms with Gasteiger partial charge in [-0.2, -0.15) is 0 Å². The largest absolute Gasteiger partial charge is 0.382 e. The first-order valence-electron chi connectivity index (χ1n) is 2.63. The molecule has 0 aromatic carbocycles. The number of hydroxylamine groups is 2. The van der Waals surface area contributed by atoms with E-state index in [1.807, 2.05) is 0 Å². The Hall–Kier alpha value is -0.610. The average Bonchev–Trinajstić information content (AvgIpc) is 1.87. The average molecular weight is 133 g/mol. The smallest absolute Gasteiger partial charge is 0.233 e. The third kappa shape index (κ3) is 3.05. The highest BCUT2D eigenvalue weighted by molar-refractivity contribution is 5.45. The van der Waals surface area contributed by atoms with Crippen LogP contribution < -0.4 is 0 Å². The zero-order chi connectivity index (χ0) is 7.28. The maximum atomic E-state index is 9.84. The Morgan fingerprint density at radius 1 is 1.89 bits per heavy atom. The predicted octanol–water partition coefficient (Wildman–Crippen LogP) is -0.131. The van der Waals surface area contributed by atoms with Gasteiger partial charge in [-0.3, -0.25) is 10.0 Å². The predicted molar refractivity (Wildman–Crippen MR) is 31.0 cm³/mol. The Kier molecular flexibility index (Phi) is 4.00. The lowest BCUT2D eigenvalue weighted by molar-refractivity contribution is -0.162. The second kappa shape index (κ2) is 4.29. The summed E-state index contributed by atoms with van der Waals surface area (Å²) in [5.74, 6) is 0. The number of carbonyl (C=O) groups is 1. The summed E-state index contributed by atoms with van der Waals surface area (Å²) in [6.45, 7) is 2.02. The quantitative estimate of drug-likeness (QED) is 0.330. The van der Waals surface area contributed by atoms with Gasteiger partial charge in [0.2, 0.25) is 6.41 Å². The molecule has 0 spiro atoms. The van der Waals surface area contributed by atoms with E-state index in [1.165, 1.54) is 7.11 Å². The van der Waals surface area contributed by atoms with E-state index in [2.05, 4.69) is 4.74 Å². The number of nitrogens with zero attached hydrogens (tertiary/aromatic N) is 1. The van der Waals surface area contributed by atoms with Crippen LogP contribution in [0.4, 0.5) is 0 Å². The van der Waals surface area contributed by atoms with Gasteiger partial charge in [0.05, 0.1) is 12.6 Å². The molecule has 0 heterocycles. The molecule has 54 valence electrons. The molecule has 1 atom stereocenters. The van der Waals surface area contributed by atoms with Crippen LogP contribution in [0.1, 0.15) is 6.92 Å². The van der Waals surface area contributed by atoms with Crippen LogP contribution in [0.5, 0.6) is 0 Å². The van der Waals surface area contributed by atoms with Crippen molar-refractivity contribution in [2.45, 2.75) is 13.0 Å². The SMILES string of the molecule is COCC(C)N(O)C=O. The van der Waals surface area contributed by atoms with Crippen molar-refractivity contribution >= 4 is 6.41 Å². The molecule has 0 radical (unpaired) electrons. The van der Waals surface area contributed by atoms with E-state index in [9.17, 15) is 4.79 Å². The van der Waals surface area contributed by atoms with Crippen LogP contribution >= 0.6 is 0 Å². The van der Waals surface area contributed by atoms with Gasteiger partial charge < -0.3 is 4.74 Å². The normalized spacial score (nSPS) is 12.8. The summed E-state index contributed by atoms with van der Waals surface area (Å²) >= 11 is 0. The molecule has 0 saturated heterocycles. The zero-order valence-electron chi connectivity index (χ0n) is 5.57. The van der Waals surface area contributed by atoms with E-state index in [0.29, 0.717) is 18.1 Å². The molecule has 0 aliphatic heterocycles. The van der Waals surface area contributed by atoms with Crippen molar-refractivity contribution in [2.75, 3.05) is 13.7 Å². The highest BCUT2D eigenvalue weighted by Crippen LogP contribution is 1.89. The van der Waals surface area contributed by atoms with E-state index >= 15 is 0 Å². The second-order valence-corrected chi connectivity index (χ2v) is 1.79. The summed E-state index contributed by atoms with van der Waals surface area (Å²) in [6, 6.07) is -0.271. The first-order valence-corrected chi connectivity index (χ1v) is 2.63. The van der Waals surface area contributed by atoms with Gasteiger partial charge in [0.15, 0.2) is 0 Å². The lowest BCUT2D eigenvalue weighted by Gasteiger charge is -2.15. The van der Waals surface area contributed by atoms with Gasteiger partial charge in [0.1, 0.15) is 0 Å². The third-order valence-corrected chi connectivity index (χ3v) is 0.967. The van der Waals surface area contributed by atoms with Gasteiger partial charge in [-0.15, -0.1) is 0 Å². The number of hydrogen-bond acceptors (Lipinski definition) is 3. The fourth-order valence-electron chi connectivity index (χ4n) is 0.421. The molecule has 4 heteroatoms. The number of methoxy groups -OCH3 is 1. The summed E-state index contributed by atoms with van der Waals surface area (Å²) in [5.41, 5.74) is 0. The molecule has 1 N–H and O–H groups in total. The molecule has 4 nitrogen and oxygen atoms in total. The van der Waals surface area contributed by atoms with Gasteiger partial charge in [-0.1, -0.05) is 0 Å². The number of hydrogen-bond donors (Lipinski definition) is 1. The van der Waals surface area contributed by atoms with E-state index in [0.717, 1.165) is 0 Å². The molecular weight excluding hydrogens is 122 g/mol. The van der Waals surface area contributed by atoms with Gasteiger partial charge in [-0.05, 0) is 6.92 Å². The molecule has 0 aliphatic rings. The second-order valence-electron chi connectivity index (χ2n) is 1.79. The van der Waals surface area contributed by atoms with Gasteiger partial charge in [-0.25, -0.2) is 5.06 Å². The van der Waals surface area contributed by atoms with E-state index in [1.54, 1.807) is 6.92 Å². The van der Waals surface area contributed by atoms with Crippen LogP contribution in [0, 0.1) is 0 Å². The van der Waals surface area contributed by atoms with Crippen molar-refractivity contribution in [1.29, 1.82) is 0 Å². The van der Waals surface area contributed by atoms with Crippen LogP contribution in [0.15, 0.2) is 0 Å². The Morgan fingerprint density at radius 3 is 2.78 bits per heavy atom. The molecule has 0 fully saturated rings. The third-order valence-electron chi connectivity index (χ3n) is 0.967. The molecule has 9 heavy (non-hydrogen) atoms. The number of rotatable bonds is 4. The Bertz CT molecular complexity index is 86.3. The lowest BCUT2D eigenvalue weighted by atomic mass is 10.4. The summed E-state index contributed by atoms with van der Waals surface area (Å²) < 4.78 is 4.67. The van der Waals surface area contributed by atoms with Gasteiger partial charge in [0.25, 0.3) is 0 Å². The van der Waals surface area contributed by atoms with E-state index in [-0.39, 0.29) is 6.04 Å². The maximum Gasteiger partial charge on any atom is 0.233 e. The van der Waals surface area contributed by atoms with Crippen molar-refractivity contribution in [3.8, 4) is 0 Å². The van der Waals surface area contributed by atoms with Crippen LogP contribution in [-0.2, 0) is 9.53 Å². The molecule has 0 saturated carbocycles.